The fourth-order valence-electron chi connectivity index (χ4n) is 2.52. The number of nitrogens with one attached hydrogen (secondary N) is 1. The molecule has 2 atom stereocenters. The van der Waals surface area contributed by atoms with Gasteiger partial charge in [-0.3, -0.25) is 0 Å². The van der Waals surface area contributed by atoms with Crippen molar-refractivity contribution < 1.29 is 8.42 Å². The van der Waals surface area contributed by atoms with E-state index in [1.165, 1.54) is 6.07 Å². The maximum atomic E-state index is 12.5. The highest BCUT2D eigenvalue weighted by atomic mass is 32.2. The molecule has 104 valence electrons. The van der Waals surface area contributed by atoms with Crippen LogP contribution < -0.4 is 4.72 Å². The predicted molar refractivity (Wildman–Crippen MR) is 74.5 cm³/mol. The van der Waals surface area contributed by atoms with Crippen LogP contribution >= 0.6 is 11.7 Å². The van der Waals surface area contributed by atoms with Gasteiger partial charge in [-0.1, -0.05) is 12.5 Å². The van der Waals surface area contributed by atoms with Crippen molar-refractivity contribution in [3.63, 3.8) is 0 Å². The van der Waals surface area contributed by atoms with Crippen LogP contribution in [-0.4, -0.2) is 23.2 Å². The van der Waals surface area contributed by atoms with Crippen molar-refractivity contribution in [2.75, 3.05) is 0 Å². The summed E-state index contributed by atoms with van der Waals surface area (Å²) >= 11 is 0.986. The average Bonchev–Trinajstić information content (AvgIpc) is 3.05. The molecule has 1 aliphatic rings. The Labute approximate surface area is 120 Å². The smallest absolute Gasteiger partial charge is 0.207 e. The molecule has 2 unspecified atom stereocenters. The summed E-state index contributed by atoms with van der Waals surface area (Å²) < 4.78 is 35.7. The van der Waals surface area contributed by atoms with Crippen LogP contribution in [0.1, 0.15) is 19.3 Å². The quantitative estimate of drug-likeness (QED) is 0.930. The fourth-order valence-corrected chi connectivity index (χ4v) is 4.59. The number of nitriles is 1. The molecule has 3 rings (SSSR count). The maximum Gasteiger partial charge on any atom is 0.243 e. The number of benzene rings is 1. The first-order valence-corrected chi connectivity index (χ1v) is 8.46. The molecule has 20 heavy (non-hydrogen) atoms. The van der Waals surface area contributed by atoms with Gasteiger partial charge in [0, 0.05) is 6.04 Å². The zero-order chi connectivity index (χ0) is 14.2. The van der Waals surface area contributed by atoms with Crippen LogP contribution in [0.2, 0.25) is 0 Å². The van der Waals surface area contributed by atoms with Crippen LogP contribution in [0.5, 0.6) is 0 Å². The third kappa shape index (κ3) is 2.28. The third-order valence-corrected chi connectivity index (χ3v) is 5.59. The van der Waals surface area contributed by atoms with E-state index in [1.807, 2.05) is 0 Å². The Balaban J connectivity index is 1.96. The minimum absolute atomic E-state index is 0.132. The standard InChI is InChI=1S/C12H12N4O2S2/c13-7-8-3-1-4-9(8)16-20(17,18)11-6-2-5-10-12(11)15-19-14-10/h2,5-6,8-9,16H,1,3-4H2. The van der Waals surface area contributed by atoms with Gasteiger partial charge in [0.1, 0.15) is 15.9 Å². The van der Waals surface area contributed by atoms with E-state index in [1.54, 1.807) is 12.1 Å². The van der Waals surface area contributed by atoms with Gasteiger partial charge in [-0.05, 0) is 25.0 Å². The van der Waals surface area contributed by atoms with E-state index in [9.17, 15) is 8.42 Å². The molecule has 0 radical (unpaired) electrons. The first kappa shape index (κ1) is 13.4. The van der Waals surface area contributed by atoms with Crippen molar-refractivity contribution in [1.82, 2.24) is 13.5 Å². The van der Waals surface area contributed by atoms with Gasteiger partial charge in [0.15, 0.2) is 0 Å². The van der Waals surface area contributed by atoms with Crippen LogP contribution in [0.3, 0.4) is 0 Å². The Morgan fingerprint density at radius 3 is 3.00 bits per heavy atom. The van der Waals surface area contributed by atoms with Crippen LogP contribution in [0.25, 0.3) is 11.0 Å². The van der Waals surface area contributed by atoms with Crippen molar-refractivity contribution in [1.29, 1.82) is 5.26 Å². The van der Waals surface area contributed by atoms with Crippen molar-refractivity contribution in [3.8, 4) is 6.07 Å². The second kappa shape index (κ2) is 5.09. The molecule has 6 nitrogen and oxygen atoms in total. The summed E-state index contributed by atoms with van der Waals surface area (Å²) in [5, 5.41) is 9.04. The molecule has 0 saturated heterocycles. The van der Waals surface area contributed by atoms with Crippen molar-refractivity contribution in [3.05, 3.63) is 18.2 Å². The van der Waals surface area contributed by atoms with Crippen LogP contribution in [0.15, 0.2) is 23.1 Å². The second-order valence-corrected chi connectivity index (χ2v) is 6.99. The van der Waals surface area contributed by atoms with E-state index >= 15 is 0 Å². The molecule has 0 bridgehead atoms. The summed E-state index contributed by atoms with van der Waals surface area (Å²) in [4.78, 5) is 0.132. The highest BCUT2D eigenvalue weighted by molar-refractivity contribution is 7.89. The summed E-state index contributed by atoms with van der Waals surface area (Å²) in [6, 6.07) is 6.75. The lowest BCUT2D eigenvalue weighted by molar-refractivity contribution is 0.515. The molecule has 8 heteroatoms. The van der Waals surface area contributed by atoms with Crippen LogP contribution in [-0.2, 0) is 10.0 Å². The monoisotopic (exact) mass is 308 g/mol. The van der Waals surface area contributed by atoms with E-state index in [-0.39, 0.29) is 16.9 Å². The van der Waals surface area contributed by atoms with Gasteiger partial charge >= 0.3 is 0 Å². The van der Waals surface area contributed by atoms with E-state index in [0.29, 0.717) is 17.5 Å². The molecular weight excluding hydrogens is 296 g/mol. The molecule has 2 aromatic rings. The molecule has 1 aliphatic carbocycles. The van der Waals surface area contributed by atoms with Crippen molar-refractivity contribution in [2.24, 2.45) is 5.92 Å². The normalized spacial score (nSPS) is 22.9. The second-order valence-electron chi connectivity index (χ2n) is 4.78. The van der Waals surface area contributed by atoms with E-state index in [4.69, 9.17) is 5.26 Å². The summed E-state index contributed by atoms with van der Waals surface area (Å²) in [5.74, 6) is -0.252. The number of hydrogen-bond acceptors (Lipinski definition) is 6. The van der Waals surface area contributed by atoms with Crippen LogP contribution in [0.4, 0.5) is 0 Å². The zero-order valence-electron chi connectivity index (χ0n) is 10.5. The van der Waals surface area contributed by atoms with Gasteiger partial charge in [0.05, 0.1) is 23.7 Å². The number of rotatable bonds is 3. The summed E-state index contributed by atoms with van der Waals surface area (Å²) in [6.45, 7) is 0. The average molecular weight is 308 g/mol. The summed E-state index contributed by atoms with van der Waals surface area (Å²) in [7, 11) is -3.68. The Hall–Kier alpha value is -1.56. The van der Waals surface area contributed by atoms with Gasteiger partial charge in [-0.2, -0.15) is 14.0 Å². The van der Waals surface area contributed by atoms with Gasteiger partial charge in [-0.15, -0.1) is 0 Å². The molecule has 1 heterocycles. The maximum absolute atomic E-state index is 12.5. The van der Waals surface area contributed by atoms with Gasteiger partial charge < -0.3 is 0 Å². The minimum Gasteiger partial charge on any atom is -0.207 e. The molecule has 1 aromatic carbocycles. The van der Waals surface area contributed by atoms with Crippen molar-refractivity contribution >= 4 is 32.8 Å². The number of fused-ring (bicyclic) bond motifs is 1. The van der Waals surface area contributed by atoms with Crippen LogP contribution in [0, 0.1) is 17.2 Å². The minimum atomic E-state index is -3.68. The van der Waals surface area contributed by atoms with E-state index < -0.39 is 10.0 Å². The Morgan fingerprint density at radius 1 is 1.35 bits per heavy atom. The Bertz CT molecular complexity index is 778. The molecule has 0 aliphatic heterocycles. The Morgan fingerprint density at radius 2 is 2.20 bits per heavy atom. The first-order chi connectivity index (χ1) is 9.62. The van der Waals surface area contributed by atoms with Gasteiger partial charge in [0.2, 0.25) is 10.0 Å². The number of hydrogen-bond donors (Lipinski definition) is 1. The largest absolute Gasteiger partial charge is 0.243 e. The summed E-state index contributed by atoms with van der Waals surface area (Å²) in [6.07, 6.45) is 2.31. The van der Waals surface area contributed by atoms with Gasteiger partial charge in [-0.25, -0.2) is 13.1 Å². The zero-order valence-corrected chi connectivity index (χ0v) is 12.1. The highest BCUT2D eigenvalue weighted by Crippen LogP contribution is 2.28. The number of sulfonamides is 1. The molecule has 0 spiro atoms. The first-order valence-electron chi connectivity index (χ1n) is 6.25. The molecule has 1 N–H and O–H groups in total. The molecule has 1 aromatic heterocycles. The third-order valence-electron chi connectivity index (χ3n) is 3.53. The predicted octanol–water partition coefficient (Wildman–Crippen LogP) is 1.66. The highest BCUT2D eigenvalue weighted by Gasteiger charge is 2.32. The number of nitrogens with zero attached hydrogens (tertiary/aromatic N) is 3. The summed E-state index contributed by atoms with van der Waals surface area (Å²) in [5.41, 5.74) is 0.956. The van der Waals surface area contributed by atoms with E-state index in [2.05, 4.69) is 19.5 Å². The fraction of sp³-hybridized carbons (Fsp3) is 0.417. The SMILES string of the molecule is N#CC1CCCC1NS(=O)(=O)c1cccc2nsnc12. The van der Waals surface area contributed by atoms with Gasteiger partial charge in [0.25, 0.3) is 0 Å². The molecule has 1 saturated carbocycles. The lowest BCUT2D eigenvalue weighted by atomic mass is 10.1. The van der Waals surface area contributed by atoms with E-state index in [0.717, 1.165) is 24.6 Å². The molecule has 0 amide bonds. The molecule has 1 fully saturated rings. The lowest BCUT2D eigenvalue weighted by Crippen LogP contribution is -2.36. The Kier molecular flexibility index (Phi) is 3.41. The molecular formula is C12H12N4O2S2. The number of aromatic nitrogens is 2. The topological polar surface area (TPSA) is 95.7 Å². The van der Waals surface area contributed by atoms with Crippen molar-refractivity contribution in [2.45, 2.75) is 30.2 Å². The lowest BCUT2D eigenvalue weighted by Gasteiger charge is -2.15.